The van der Waals surface area contributed by atoms with Crippen LogP contribution in [0.15, 0.2) is 15.1 Å². The van der Waals surface area contributed by atoms with Crippen LogP contribution in [-0.2, 0) is 4.79 Å². The maximum atomic E-state index is 12.3. The van der Waals surface area contributed by atoms with Crippen LogP contribution in [0.3, 0.4) is 0 Å². The Kier molecular flexibility index (Phi) is 3.59. The molecule has 3 rings (SSSR count). The molecule has 3 heterocycles. The minimum atomic E-state index is -0.141. The van der Waals surface area contributed by atoms with Crippen LogP contribution in [0.25, 0.3) is 0 Å². The lowest BCUT2D eigenvalue weighted by Crippen LogP contribution is -2.34. The van der Waals surface area contributed by atoms with Crippen molar-refractivity contribution in [3.8, 4) is 5.88 Å². The van der Waals surface area contributed by atoms with Crippen LogP contribution < -0.4 is 4.74 Å². The van der Waals surface area contributed by atoms with Gasteiger partial charge in [0.1, 0.15) is 5.76 Å². The van der Waals surface area contributed by atoms with Crippen LogP contribution in [0.4, 0.5) is 0 Å². The van der Waals surface area contributed by atoms with Crippen LogP contribution in [0.5, 0.6) is 5.88 Å². The molecule has 21 heavy (non-hydrogen) atoms. The Labute approximate surface area is 121 Å². The number of amides is 1. The molecule has 1 amide bonds. The van der Waals surface area contributed by atoms with Crippen LogP contribution in [0, 0.1) is 13.8 Å². The fourth-order valence-corrected chi connectivity index (χ4v) is 2.41. The Morgan fingerprint density at radius 2 is 2.29 bits per heavy atom. The number of aryl methyl sites for hydroxylation is 2. The van der Waals surface area contributed by atoms with Crippen LogP contribution in [0.2, 0.25) is 0 Å². The molecule has 8 nitrogen and oxygen atoms in total. The number of likely N-dealkylation sites (tertiary alicyclic amines) is 1. The molecule has 112 valence electrons. The van der Waals surface area contributed by atoms with Crippen molar-refractivity contribution in [2.45, 2.75) is 32.7 Å². The quantitative estimate of drug-likeness (QED) is 0.840. The van der Waals surface area contributed by atoms with Gasteiger partial charge in [0.2, 0.25) is 5.89 Å². The van der Waals surface area contributed by atoms with Crippen molar-refractivity contribution in [1.82, 2.24) is 20.2 Å². The maximum Gasteiger partial charge on any atom is 0.261 e. The molecule has 0 saturated carbocycles. The van der Waals surface area contributed by atoms with Crippen LogP contribution in [-0.4, -0.2) is 39.3 Å². The largest absolute Gasteiger partial charge is 0.465 e. The first-order valence-corrected chi connectivity index (χ1v) is 6.79. The van der Waals surface area contributed by atoms with E-state index in [1.165, 1.54) is 0 Å². The van der Waals surface area contributed by atoms with E-state index >= 15 is 0 Å². The first-order valence-electron chi connectivity index (χ1n) is 6.79. The van der Waals surface area contributed by atoms with Gasteiger partial charge >= 0.3 is 0 Å². The van der Waals surface area contributed by atoms with Gasteiger partial charge < -0.3 is 18.7 Å². The molecule has 0 unspecified atom stereocenters. The van der Waals surface area contributed by atoms with Crippen molar-refractivity contribution in [2.24, 2.45) is 0 Å². The summed E-state index contributed by atoms with van der Waals surface area (Å²) in [5.74, 6) is 1.88. The molecule has 1 saturated heterocycles. The van der Waals surface area contributed by atoms with Gasteiger partial charge in [0.25, 0.3) is 11.8 Å². The van der Waals surface area contributed by atoms with Gasteiger partial charge in [-0.3, -0.25) is 4.79 Å². The van der Waals surface area contributed by atoms with Gasteiger partial charge in [-0.2, -0.15) is 4.98 Å². The second kappa shape index (κ2) is 5.55. The summed E-state index contributed by atoms with van der Waals surface area (Å²) in [6, 6.07) is 1.50. The van der Waals surface area contributed by atoms with Gasteiger partial charge in [-0.1, -0.05) is 5.16 Å². The standard InChI is InChI=1S/C13H16N4O4/c1-8-6-11(15-20-8)19-7-12(18)17-5-3-4-10(17)13-14-9(2)21-16-13/h6,10H,3-5,7H2,1-2H3/t10-/m1/s1. The third-order valence-corrected chi connectivity index (χ3v) is 3.36. The van der Waals surface area contributed by atoms with E-state index in [4.69, 9.17) is 13.8 Å². The number of aromatic nitrogens is 3. The van der Waals surface area contributed by atoms with Crippen LogP contribution >= 0.6 is 0 Å². The van der Waals surface area contributed by atoms with Gasteiger partial charge in [-0.15, -0.1) is 0 Å². The maximum absolute atomic E-state index is 12.3. The van der Waals surface area contributed by atoms with E-state index in [1.807, 2.05) is 0 Å². The second-order valence-electron chi connectivity index (χ2n) is 4.98. The van der Waals surface area contributed by atoms with Gasteiger partial charge in [0.15, 0.2) is 12.4 Å². The van der Waals surface area contributed by atoms with E-state index in [0.717, 1.165) is 12.8 Å². The van der Waals surface area contributed by atoms with Crippen molar-refractivity contribution in [3.63, 3.8) is 0 Å². The third kappa shape index (κ3) is 2.88. The summed E-state index contributed by atoms with van der Waals surface area (Å²) < 4.78 is 15.2. The summed E-state index contributed by atoms with van der Waals surface area (Å²) in [6.07, 6.45) is 1.74. The predicted molar refractivity (Wildman–Crippen MR) is 69.5 cm³/mol. The van der Waals surface area contributed by atoms with E-state index < -0.39 is 0 Å². The zero-order chi connectivity index (χ0) is 14.8. The monoisotopic (exact) mass is 292 g/mol. The lowest BCUT2D eigenvalue weighted by Gasteiger charge is -2.21. The first kappa shape index (κ1) is 13.6. The van der Waals surface area contributed by atoms with E-state index in [9.17, 15) is 4.79 Å². The molecule has 2 aromatic heterocycles. The van der Waals surface area contributed by atoms with Crippen LogP contribution in [0.1, 0.15) is 36.4 Å². The third-order valence-electron chi connectivity index (χ3n) is 3.36. The number of rotatable bonds is 4. The van der Waals surface area contributed by atoms with E-state index in [0.29, 0.717) is 29.9 Å². The van der Waals surface area contributed by atoms with Crippen molar-refractivity contribution >= 4 is 5.91 Å². The summed E-state index contributed by atoms with van der Waals surface area (Å²) in [4.78, 5) is 18.2. The molecule has 0 aliphatic carbocycles. The van der Waals surface area contributed by atoms with E-state index in [2.05, 4.69) is 15.3 Å². The van der Waals surface area contributed by atoms with Gasteiger partial charge in [0, 0.05) is 19.5 Å². The lowest BCUT2D eigenvalue weighted by atomic mass is 10.2. The average Bonchev–Trinajstić information content (AvgIpc) is 3.16. The molecular weight excluding hydrogens is 276 g/mol. The summed E-state index contributed by atoms with van der Waals surface area (Å²) in [5, 5.41) is 7.59. The highest BCUT2D eigenvalue weighted by molar-refractivity contribution is 5.78. The summed E-state index contributed by atoms with van der Waals surface area (Å²) in [5.41, 5.74) is 0. The summed E-state index contributed by atoms with van der Waals surface area (Å²) in [7, 11) is 0. The topological polar surface area (TPSA) is 94.5 Å². The first-order chi connectivity index (χ1) is 10.1. The fraction of sp³-hybridized carbons (Fsp3) is 0.538. The number of ether oxygens (including phenoxy) is 1. The Morgan fingerprint density at radius 3 is 2.95 bits per heavy atom. The number of hydrogen-bond acceptors (Lipinski definition) is 7. The van der Waals surface area contributed by atoms with Gasteiger partial charge in [0.05, 0.1) is 6.04 Å². The highest BCUT2D eigenvalue weighted by atomic mass is 16.5. The predicted octanol–water partition coefficient (Wildman–Crippen LogP) is 1.42. The molecule has 1 fully saturated rings. The second-order valence-corrected chi connectivity index (χ2v) is 4.98. The molecule has 0 bridgehead atoms. The highest BCUT2D eigenvalue weighted by Gasteiger charge is 2.33. The van der Waals surface area contributed by atoms with E-state index in [1.54, 1.807) is 24.8 Å². The normalized spacial score (nSPS) is 18.2. The number of hydrogen-bond donors (Lipinski definition) is 0. The Hall–Kier alpha value is -2.38. The number of carbonyl (C=O) groups excluding carboxylic acids is 1. The molecule has 2 aromatic rings. The lowest BCUT2D eigenvalue weighted by molar-refractivity contribution is -0.134. The molecule has 8 heteroatoms. The number of nitrogens with zero attached hydrogens (tertiary/aromatic N) is 4. The Morgan fingerprint density at radius 1 is 1.43 bits per heavy atom. The molecule has 1 aliphatic heterocycles. The van der Waals surface area contributed by atoms with Crippen molar-refractivity contribution in [3.05, 3.63) is 23.5 Å². The molecule has 0 aromatic carbocycles. The molecule has 0 radical (unpaired) electrons. The van der Waals surface area contributed by atoms with Gasteiger partial charge in [-0.05, 0) is 24.9 Å². The minimum absolute atomic E-state index is 0.0840. The molecule has 1 aliphatic rings. The molecule has 0 spiro atoms. The van der Waals surface area contributed by atoms with Gasteiger partial charge in [-0.25, -0.2) is 0 Å². The Bertz CT molecular complexity index is 636. The average molecular weight is 292 g/mol. The fourth-order valence-electron chi connectivity index (χ4n) is 2.41. The molecule has 0 N–H and O–H groups in total. The highest BCUT2D eigenvalue weighted by Crippen LogP contribution is 2.30. The van der Waals surface area contributed by atoms with Crippen molar-refractivity contribution in [1.29, 1.82) is 0 Å². The zero-order valence-electron chi connectivity index (χ0n) is 11.9. The SMILES string of the molecule is Cc1cc(OCC(=O)N2CCC[C@@H]2c2noc(C)n2)no1. The molecule has 1 atom stereocenters. The molecular formula is C13H16N4O4. The van der Waals surface area contributed by atoms with E-state index in [-0.39, 0.29) is 18.6 Å². The minimum Gasteiger partial charge on any atom is -0.465 e. The summed E-state index contributed by atoms with van der Waals surface area (Å²) >= 11 is 0. The zero-order valence-corrected chi connectivity index (χ0v) is 11.9. The van der Waals surface area contributed by atoms with Crippen molar-refractivity contribution in [2.75, 3.05) is 13.2 Å². The van der Waals surface area contributed by atoms with Crippen molar-refractivity contribution < 1.29 is 18.6 Å². The summed E-state index contributed by atoms with van der Waals surface area (Å²) in [6.45, 7) is 4.07. The number of carbonyl (C=O) groups is 1. The Balaban J connectivity index is 1.63. The smallest absolute Gasteiger partial charge is 0.261 e.